The van der Waals surface area contributed by atoms with Gasteiger partial charge in [-0.15, -0.1) is 0 Å². The van der Waals surface area contributed by atoms with Crippen LogP contribution in [-0.2, 0) is 6.42 Å². The highest BCUT2D eigenvalue weighted by Gasteiger charge is 2.07. The lowest BCUT2D eigenvalue weighted by molar-refractivity contribution is 0.0807. The molecule has 78 valence electrons. The zero-order valence-electron chi connectivity index (χ0n) is 8.26. The number of aromatic nitrogens is 1. The molecule has 1 heterocycles. The fourth-order valence-corrected chi connectivity index (χ4v) is 1.15. The summed E-state index contributed by atoms with van der Waals surface area (Å²) in [5, 5.41) is 0. The van der Waals surface area contributed by atoms with Crippen molar-refractivity contribution in [3.63, 3.8) is 0 Å². The van der Waals surface area contributed by atoms with Gasteiger partial charge in [-0.1, -0.05) is 13.3 Å². The van der Waals surface area contributed by atoms with Crippen molar-refractivity contribution in [2.45, 2.75) is 33.0 Å². The Bertz CT molecular complexity index is 302. The van der Waals surface area contributed by atoms with E-state index >= 15 is 0 Å². The number of rotatable bonds is 4. The second-order valence-electron chi connectivity index (χ2n) is 3.02. The minimum atomic E-state index is -1.43. The van der Waals surface area contributed by atoms with Crippen LogP contribution in [0.25, 0.3) is 0 Å². The molecule has 0 radical (unpaired) electrons. The van der Waals surface area contributed by atoms with E-state index in [0.717, 1.165) is 12.6 Å². The summed E-state index contributed by atoms with van der Waals surface area (Å²) in [4.78, 5) is 3.62. The van der Waals surface area contributed by atoms with Crippen LogP contribution in [0.15, 0.2) is 12.3 Å². The topological polar surface area (TPSA) is 22.1 Å². The normalized spacial score (nSPS) is 12.6. The predicted octanol–water partition coefficient (Wildman–Crippen LogP) is 2.87. The number of nitrogens with zero attached hydrogens (tertiary/aromatic N) is 1. The third-order valence-corrected chi connectivity index (χ3v) is 1.71. The maximum Gasteiger partial charge on any atom is 0.237 e. The fraction of sp³-hybridized carbons (Fsp3) is 0.500. The van der Waals surface area contributed by atoms with Crippen LogP contribution < -0.4 is 4.74 Å². The maximum absolute atomic E-state index is 13.1. The Balaban J connectivity index is 2.83. The average molecular weight is 201 g/mol. The SMILES string of the molecule is CCCc1cc(OC(C)F)ncc1F. The van der Waals surface area contributed by atoms with Gasteiger partial charge in [0.2, 0.25) is 12.2 Å². The summed E-state index contributed by atoms with van der Waals surface area (Å²) in [6, 6.07) is 1.44. The highest BCUT2D eigenvalue weighted by atomic mass is 19.1. The molecule has 0 saturated heterocycles. The summed E-state index contributed by atoms with van der Waals surface area (Å²) < 4.78 is 30.2. The van der Waals surface area contributed by atoms with Crippen LogP contribution in [0.3, 0.4) is 0 Å². The van der Waals surface area contributed by atoms with Gasteiger partial charge in [-0.05, 0) is 12.0 Å². The third kappa shape index (κ3) is 2.94. The van der Waals surface area contributed by atoms with Gasteiger partial charge in [0.15, 0.2) is 0 Å². The van der Waals surface area contributed by atoms with Gasteiger partial charge in [0.1, 0.15) is 5.82 Å². The van der Waals surface area contributed by atoms with Crippen molar-refractivity contribution in [2.75, 3.05) is 0 Å². The summed E-state index contributed by atoms with van der Waals surface area (Å²) in [6.07, 6.45) is 1.06. The van der Waals surface area contributed by atoms with E-state index in [4.69, 9.17) is 4.74 Å². The molecule has 2 nitrogen and oxygen atoms in total. The minimum Gasteiger partial charge on any atom is -0.444 e. The standard InChI is InChI=1S/C10H13F2NO/c1-3-4-8-5-10(14-7(2)11)13-6-9(8)12/h5-7H,3-4H2,1-2H3. The molecule has 0 bridgehead atoms. The van der Waals surface area contributed by atoms with E-state index in [2.05, 4.69) is 4.98 Å². The quantitative estimate of drug-likeness (QED) is 0.747. The van der Waals surface area contributed by atoms with Crippen molar-refractivity contribution < 1.29 is 13.5 Å². The van der Waals surface area contributed by atoms with E-state index in [1.165, 1.54) is 13.0 Å². The smallest absolute Gasteiger partial charge is 0.237 e. The number of halogens is 2. The Morgan fingerprint density at radius 1 is 1.57 bits per heavy atom. The summed E-state index contributed by atoms with van der Waals surface area (Å²) in [5.74, 6) is -0.240. The van der Waals surface area contributed by atoms with Crippen LogP contribution in [0.4, 0.5) is 8.78 Å². The second-order valence-corrected chi connectivity index (χ2v) is 3.02. The molecule has 1 aromatic heterocycles. The zero-order chi connectivity index (χ0) is 10.6. The molecule has 0 aliphatic carbocycles. The monoisotopic (exact) mass is 201 g/mol. The molecule has 14 heavy (non-hydrogen) atoms. The molecule has 0 aliphatic heterocycles. The van der Waals surface area contributed by atoms with Gasteiger partial charge in [0.25, 0.3) is 0 Å². The molecule has 1 rings (SSSR count). The van der Waals surface area contributed by atoms with Crippen LogP contribution in [-0.4, -0.2) is 11.3 Å². The van der Waals surface area contributed by atoms with Gasteiger partial charge in [0.05, 0.1) is 6.20 Å². The van der Waals surface area contributed by atoms with E-state index in [9.17, 15) is 8.78 Å². The fourth-order valence-electron chi connectivity index (χ4n) is 1.15. The molecule has 0 fully saturated rings. The minimum absolute atomic E-state index is 0.129. The summed E-state index contributed by atoms with van der Waals surface area (Å²) in [6.45, 7) is 3.20. The molecule has 4 heteroatoms. The van der Waals surface area contributed by atoms with E-state index in [1.807, 2.05) is 6.92 Å². The molecule has 0 aliphatic rings. The molecule has 0 N–H and O–H groups in total. The number of pyridine rings is 1. The zero-order valence-corrected chi connectivity index (χ0v) is 8.26. The molecule has 1 unspecified atom stereocenters. The van der Waals surface area contributed by atoms with Crippen molar-refractivity contribution in [3.8, 4) is 5.88 Å². The van der Waals surface area contributed by atoms with Crippen LogP contribution >= 0.6 is 0 Å². The van der Waals surface area contributed by atoms with Crippen molar-refractivity contribution in [1.82, 2.24) is 4.98 Å². The van der Waals surface area contributed by atoms with E-state index in [-0.39, 0.29) is 11.7 Å². The number of hydrogen-bond donors (Lipinski definition) is 0. The molecule has 0 saturated carbocycles. The van der Waals surface area contributed by atoms with Gasteiger partial charge in [-0.2, -0.15) is 0 Å². The molecule has 0 amide bonds. The van der Waals surface area contributed by atoms with Crippen molar-refractivity contribution in [3.05, 3.63) is 23.6 Å². The average Bonchev–Trinajstić information content (AvgIpc) is 2.10. The Morgan fingerprint density at radius 3 is 2.86 bits per heavy atom. The van der Waals surface area contributed by atoms with Gasteiger partial charge in [-0.3, -0.25) is 0 Å². The lowest BCUT2D eigenvalue weighted by Gasteiger charge is -2.07. The highest BCUT2D eigenvalue weighted by Crippen LogP contribution is 2.16. The van der Waals surface area contributed by atoms with Crippen molar-refractivity contribution >= 4 is 0 Å². The van der Waals surface area contributed by atoms with Gasteiger partial charge < -0.3 is 4.74 Å². The lowest BCUT2D eigenvalue weighted by Crippen LogP contribution is -2.06. The Kier molecular flexibility index (Phi) is 3.80. The first-order valence-corrected chi connectivity index (χ1v) is 4.58. The van der Waals surface area contributed by atoms with E-state index in [1.54, 1.807) is 0 Å². The second kappa shape index (κ2) is 4.88. The lowest BCUT2D eigenvalue weighted by atomic mass is 10.1. The Morgan fingerprint density at radius 2 is 2.29 bits per heavy atom. The first-order chi connectivity index (χ1) is 6.63. The van der Waals surface area contributed by atoms with Gasteiger partial charge >= 0.3 is 0 Å². The van der Waals surface area contributed by atoms with Crippen LogP contribution in [0.1, 0.15) is 25.8 Å². The summed E-state index contributed by atoms with van der Waals surface area (Å²) in [7, 11) is 0. The highest BCUT2D eigenvalue weighted by molar-refractivity contribution is 5.22. The van der Waals surface area contributed by atoms with E-state index in [0.29, 0.717) is 12.0 Å². The van der Waals surface area contributed by atoms with Crippen molar-refractivity contribution in [2.24, 2.45) is 0 Å². The van der Waals surface area contributed by atoms with Gasteiger partial charge in [0, 0.05) is 13.0 Å². The number of hydrogen-bond acceptors (Lipinski definition) is 2. The van der Waals surface area contributed by atoms with Crippen LogP contribution in [0, 0.1) is 5.82 Å². The first kappa shape index (κ1) is 10.9. The van der Waals surface area contributed by atoms with Crippen molar-refractivity contribution in [1.29, 1.82) is 0 Å². The Labute approximate surface area is 81.9 Å². The van der Waals surface area contributed by atoms with Crippen LogP contribution in [0.2, 0.25) is 0 Å². The number of aryl methyl sites for hydroxylation is 1. The molecular formula is C10H13F2NO. The number of ether oxygens (including phenoxy) is 1. The maximum atomic E-state index is 13.1. The molecule has 1 aromatic rings. The van der Waals surface area contributed by atoms with Gasteiger partial charge in [-0.25, -0.2) is 13.8 Å². The van der Waals surface area contributed by atoms with E-state index < -0.39 is 6.36 Å². The van der Waals surface area contributed by atoms with Crippen LogP contribution in [0.5, 0.6) is 5.88 Å². The first-order valence-electron chi connectivity index (χ1n) is 4.58. The third-order valence-electron chi connectivity index (χ3n) is 1.71. The molecule has 1 atom stereocenters. The Hall–Kier alpha value is -1.19. The molecular weight excluding hydrogens is 188 g/mol. The largest absolute Gasteiger partial charge is 0.444 e. The summed E-state index contributed by atoms with van der Waals surface area (Å²) >= 11 is 0. The summed E-state index contributed by atoms with van der Waals surface area (Å²) in [5.41, 5.74) is 0.512. The predicted molar refractivity (Wildman–Crippen MR) is 49.4 cm³/mol. The molecule has 0 aromatic carbocycles. The number of alkyl halides is 1. The molecule has 0 spiro atoms.